The van der Waals surface area contributed by atoms with Crippen molar-refractivity contribution in [2.45, 2.75) is 55.3 Å². The quantitative estimate of drug-likeness (QED) is 0.0231. The summed E-state index contributed by atoms with van der Waals surface area (Å²) < 4.78 is 32.1. The van der Waals surface area contributed by atoms with E-state index in [0.29, 0.717) is 65.9 Å². The molecule has 0 aromatic heterocycles. The van der Waals surface area contributed by atoms with E-state index in [2.05, 4.69) is 0 Å². The molecule has 0 bridgehead atoms. The van der Waals surface area contributed by atoms with Crippen LogP contribution in [0.3, 0.4) is 0 Å². The molecule has 45 heavy (non-hydrogen) atoms. The number of aliphatic hydroxyl groups excluding tert-OH is 10. The fourth-order valence-corrected chi connectivity index (χ4v) is 3.66. The van der Waals surface area contributed by atoms with Crippen LogP contribution in [0.5, 0.6) is 0 Å². The fourth-order valence-electron chi connectivity index (χ4n) is 3.66. The summed E-state index contributed by atoms with van der Waals surface area (Å²) in [5.41, 5.74) is 0. The SMILES string of the molecule is O=CCCOCCOCCOCCOCCOCCOCCN(C[C@H](O)[C@@H](O)[C@H](O)[C@H](O)CO)C[C@H](O)[C@@H](O)[C@H](O)[C@H](O)CO. The maximum absolute atomic E-state index is 10.3. The molecule has 0 rings (SSSR count). The van der Waals surface area contributed by atoms with Gasteiger partial charge < -0.3 is 84.3 Å². The number of hydrogen-bond donors (Lipinski definition) is 10. The first kappa shape index (κ1) is 44.0. The molecule has 0 unspecified atom stereocenters. The summed E-state index contributed by atoms with van der Waals surface area (Å²) in [5, 5.41) is 97.7. The summed E-state index contributed by atoms with van der Waals surface area (Å²) in [5.74, 6) is 0. The number of carbonyl (C=O) groups excluding carboxylic acids is 1. The van der Waals surface area contributed by atoms with Gasteiger partial charge in [0, 0.05) is 26.1 Å². The molecular weight excluding hydrogens is 610 g/mol. The standard InChI is InChI=1S/C27H55NO17/c29-3-1-4-40-6-8-42-10-12-44-14-15-45-13-11-43-9-7-41-5-2-28(16-20(32)24(36)26(38)22(34)18-30)17-21(33)25(37)27(39)23(35)19-31/h3,20-27,30-39H,1-2,4-19H2/t20-,21-,22+,23+,24+,25+,26+,27+/m0/s1. The molecular formula is C27H55NO17. The van der Waals surface area contributed by atoms with Crippen LogP contribution in [-0.2, 0) is 33.2 Å². The number of aliphatic hydroxyl groups is 10. The maximum Gasteiger partial charge on any atom is 0.122 e. The molecule has 0 aliphatic carbocycles. The Labute approximate surface area is 263 Å². The first-order valence-electron chi connectivity index (χ1n) is 14.9. The molecule has 0 spiro atoms. The Morgan fingerprint density at radius 1 is 0.444 bits per heavy atom. The topological polar surface area (TPSA) is 278 Å². The molecule has 10 N–H and O–H groups in total. The second-order valence-corrected chi connectivity index (χ2v) is 9.99. The monoisotopic (exact) mass is 665 g/mol. The van der Waals surface area contributed by atoms with E-state index in [9.17, 15) is 45.6 Å². The first-order valence-corrected chi connectivity index (χ1v) is 14.9. The van der Waals surface area contributed by atoms with E-state index < -0.39 is 62.0 Å². The summed E-state index contributed by atoms with van der Waals surface area (Å²) in [6, 6.07) is 0. The Morgan fingerprint density at radius 2 is 0.733 bits per heavy atom. The van der Waals surface area contributed by atoms with Gasteiger partial charge in [0.2, 0.25) is 0 Å². The summed E-state index contributed by atoms with van der Waals surface area (Å²) in [6.45, 7) is 1.45. The highest BCUT2D eigenvalue weighted by molar-refractivity contribution is 5.49. The number of rotatable bonds is 33. The Kier molecular flexibility index (Phi) is 28.5. The summed E-state index contributed by atoms with van der Waals surface area (Å²) in [6.07, 6.45) is -13.1. The molecule has 0 saturated heterocycles. The molecule has 0 aliphatic heterocycles. The average Bonchev–Trinajstić information content (AvgIpc) is 3.04. The first-order chi connectivity index (χ1) is 21.6. The third-order valence-corrected chi connectivity index (χ3v) is 6.33. The number of nitrogens with zero attached hydrogens (tertiary/aromatic N) is 1. The zero-order valence-corrected chi connectivity index (χ0v) is 25.7. The fraction of sp³-hybridized carbons (Fsp3) is 0.963. The molecule has 270 valence electrons. The third kappa shape index (κ3) is 22.2. The van der Waals surface area contributed by atoms with Crippen LogP contribution < -0.4 is 0 Å². The van der Waals surface area contributed by atoms with Gasteiger partial charge in [-0.2, -0.15) is 0 Å². The lowest BCUT2D eigenvalue weighted by atomic mass is 10.0. The Bertz CT molecular complexity index is 639. The van der Waals surface area contributed by atoms with Crippen LogP contribution in [0.1, 0.15) is 6.42 Å². The summed E-state index contributed by atoms with van der Waals surface area (Å²) in [4.78, 5) is 11.5. The molecule has 18 nitrogen and oxygen atoms in total. The smallest absolute Gasteiger partial charge is 0.122 e. The third-order valence-electron chi connectivity index (χ3n) is 6.33. The van der Waals surface area contributed by atoms with Crippen LogP contribution in [0, 0.1) is 0 Å². The van der Waals surface area contributed by atoms with Crippen LogP contribution in [-0.4, -0.2) is 223 Å². The maximum atomic E-state index is 10.3. The minimum absolute atomic E-state index is 0.0359. The van der Waals surface area contributed by atoms with Gasteiger partial charge in [-0.15, -0.1) is 0 Å². The molecule has 0 aliphatic rings. The van der Waals surface area contributed by atoms with Gasteiger partial charge in [0.1, 0.15) is 42.9 Å². The molecule has 0 radical (unpaired) electrons. The van der Waals surface area contributed by atoms with Crippen molar-refractivity contribution in [2.24, 2.45) is 0 Å². The van der Waals surface area contributed by atoms with Gasteiger partial charge in [0.15, 0.2) is 0 Å². The molecule has 0 aromatic rings. The van der Waals surface area contributed by atoms with E-state index in [1.807, 2.05) is 0 Å². The van der Waals surface area contributed by atoms with Crippen LogP contribution in [0.4, 0.5) is 0 Å². The van der Waals surface area contributed by atoms with Crippen LogP contribution in [0.25, 0.3) is 0 Å². The van der Waals surface area contributed by atoms with Crippen molar-refractivity contribution in [2.75, 3.05) is 112 Å². The van der Waals surface area contributed by atoms with Gasteiger partial charge in [-0.05, 0) is 0 Å². The zero-order chi connectivity index (χ0) is 33.9. The van der Waals surface area contributed by atoms with E-state index in [0.717, 1.165) is 6.29 Å². The molecule has 0 aromatic carbocycles. The largest absolute Gasteiger partial charge is 0.394 e. The van der Waals surface area contributed by atoms with Crippen molar-refractivity contribution in [1.29, 1.82) is 0 Å². The Balaban J connectivity index is 4.24. The van der Waals surface area contributed by atoms with E-state index in [1.165, 1.54) is 4.90 Å². The molecule has 0 saturated carbocycles. The highest BCUT2D eigenvalue weighted by Gasteiger charge is 2.34. The lowest BCUT2D eigenvalue weighted by molar-refractivity contribution is -0.131. The van der Waals surface area contributed by atoms with Crippen molar-refractivity contribution >= 4 is 6.29 Å². The minimum atomic E-state index is -1.87. The van der Waals surface area contributed by atoms with Crippen molar-refractivity contribution in [3.05, 3.63) is 0 Å². The number of hydrogen-bond acceptors (Lipinski definition) is 18. The summed E-state index contributed by atoms with van der Waals surface area (Å²) in [7, 11) is 0. The highest BCUT2D eigenvalue weighted by Crippen LogP contribution is 2.11. The molecule has 8 atom stereocenters. The van der Waals surface area contributed by atoms with Crippen molar-refractivity contribution in [3.8, 4) is 0 Å². The van der Waals surface area contributed by atoms with Crippen LogP contribution in [0.2, 0.25) is 0 Å². The van der Waals surface area contributed by atoms with Crippen molar-refractivity contribution in [3.63, 3.8) is 0 Å². The van der Waals surface area contributed by atoms with E-state index in [-0.39, 0.29) is 39.5 Å². The minimum Gasteiger partial charge on any atom is -0.394 e. The van der Waals surface area contributed by atoms with Gasteiger partial charge in [-0.1, -0.05) is 0 Å². The zero-order valence-electron chi connectivity index (χ0n) is 25.7. The van der Waals surface area contributed by atoms with Gasteiger partial charge in [-0.3, -0.25) is 4.90 Å². The molecule has 0 amide bonds. The Hall–Kier alpha value is -1.01. The lowest BCUT2D eigenvalue weighted by Gasteiger charge is -2.33. The van der Waals surface area contributed by atoms with Crippen molar-refractivity contribution in [1.82, 2.24) is 4.90 Å². The summed E-state index contributed by atoms with van der Waals surface area (Å²) >= 11 is 0. The number of aldehydes is 1. The number of ether oxygens (including phenoxy) is 6. The Morgan fingerprint density at radius 3 is 1.04 bits per heavy atom. The molecule has 0 heterocycles. The second kappa shape index (κ2) is 29.2. The van der Waals surface area contributed by atoms with Gasteiger partial charge in [0.25, 0.3) is 0 Å². The highest BCUT2D eigenvalue weighted by atomic mass is 16.6. The van der Waals surface area contributed by atoms with E-state index >= 15 is 0 Å². The molecule has 18 heteroatoms. The van der Waals surface area contributed by atoms with Crippen LogP contribution in [0.15, 0.2) is 0 Å². The van der Waals surface area contributed by atoms with Crippen LogP contribution >= 0.6 is 0 Å². The normalized spacial score (nSPS) is 17.5. The van der Waals surface area contributed by atoms with Gasteiger partial charge in [-0.25, -0.2) is 0 Å². The average molecular weight is 666 g/mol. The van der Waals surface area contributed by atoms with Gasteiger partial charge >= 0.3 is 0 Å². The molecule has 0 fully saturated rings. The van der Waals surface area contributed by atoms with E-state index in [1.54, 1.807) is 0 Å². The lowest BCUT2D eigenvalue weighted by Crippen LogP contribution is -2.53. The predicted octanol–water partition coefficient (Wildman–Crippen LogP) is -6.15. The van der Waals surface area contributed by atoms with Gasteiger partial charge in [0.05, 0.1) is 105 Å². The second-order valence-electron chi connectivity index (χ2n) is 9.99. The predicted molar refractivity (Wildman–Crippen MR) is 154 cm³/mol. The van der Waals surface area contributed by atoms with E-state index in [4.69, 9.17) is 38.6 Å². The van der Waals surface area contributed by atoms with Crippen molar-refractivity contribution < 1.29 is 84.3 Å². The number of carbonyl (C=O) groups is 1.